The molecule has 1 aliphatic rings. The fourth-order valence-electron chi connectivity index (χ4n) is 1.74. The SMILES string of the molecule is BrC1CCN(c2ccccc2)CC1. The van der Waals surface area contributed by atoms with E-state index in [1.54, 1.807) is 0 Å². The second-order valence-corrected chi connectivity index (χ2v) is 4.79. The Kier molecular flexibility index (Phi) is 2.89. The quantitative estimate of drug-likeness (QED) is 0.682. The van der Waals surface area contributed by atoms with E-state index >= 15 is 0 Å². The molecule has 1 aliphatic heterocycles. The van der Waals surface area contributed by atoms with Crippen LogP contribution < -0.4 is 4.90 Å². The van der Waals surface area contributed by atoms with E-state index in [0.29, 0.717) is 0 Å². The Morgan fingerprint density at radius 1 is 1.08 bits per heavy atom. The molecule has 0 aliphatic carbocycles. The molecular formula is C11H14BrN. The number of hydrogen-bond donors (Lipinski definition) is 0. The van der Waals surface area contributed by atoms with Gasteiger partial charge in [-0.1, -0.05) is 34.1 Å². The average Bonchev–Trinajstić information content (AvgIpc) is 2.20. The fourth-order valence-corrected chi connectivity index (χ4v) is 2.15. The van der Waals surface area contributed by atoms with Gasteiger partial charge in [-0.25, -0.2) is 0 Å². The third-order valence-corrected chi connectivity index (χ3v) is 3.46. The van der Waals surface area contributed by atoms with Crippen molar-refractivity contribution in [3.8, 4) is 0 Å². The number of hydrogen-bond acceptors (Lipinski definition) is 1. The van der Waals surface area contributed by atoms with E-state index < -0.39 is 0 Å². The minimum atomic E-state index is 0.729. The number of rotatable bonds is 1. The molecule has 2 heteroatoms. The highest BCUT2D eigenvalue weighted by Crippen LogP contribution is 2.22. The Bertz CT molecular complexity index is 252. The molecule has 0 radical (unpaired) electrons. The van der Waals surface area contributed by atoms with Gasteiger partial charge in [0.1, 0.15) is 0 Å². The Morgan fingerprint density at radius 2 is 1.69 bits per heavy atom. The van der Waals surface area contributed by atoms with E-state index in [0.717, 1.165) is 4.83 Å². The molecule has 0 saturated carbocycles. The predicted molar refractivity (Wildman–Crippen MR) is 60.6 cm³/mol. The molecule has 2 rings (SSSR count). The standard InChI is InChI=1S/C11H14BrN/c12-10-6-8-13(9-7-10)11-4-2-1-3-5-11/h1-5,10H,6-9H2. The average molecular weight is 240 g/mol. The zero-order chi connectivity index (χ0) is 9.10. The smallest absolute Gasteiger partial charge is 0.0366 e. The number of alkyl halides is 1. The van der Waals surface area contributed by atoms with Gasteiger partial charge in [0, 0.05) is 23.6 Å². The molecule has 13 heavy (non-hydrogen) atoms. The lowest BCUT2D eigenvalue weighted by molar-refractivity contribution is 0.597. The number of para-hydroxylation sites is 1. The van der Waals surface area contributed by atoms with E-state index in [9.17, 15) is 0 Å². The van der Waals surface area contributed by atoms with Crippen LogP contribution in [0.25, 0.3) is 0 Å². The van der Waals surface area contributed by atoms with Crippen LogP contribution in [0.15, 0.2) is 30.3 Å². The molecule has 1 aromatic carbocycles. The summed E-state index contributed by atoms with van der Waals surface area (Å²) in [5, 5.41) is 0. The summed E-state index contributed by atoms with van der Waals surface area (Å²) in [6, 6.07) is 10.7. The number of halogens is 1. The summed E-state index contributed by atoms with van der Waals surface area (Å²) in [6.45, 7) is 2.36. The van der Waals surface area contributed by atoms with Crippen LogP contribution in [-0.2, 0) is 0 Å². The van der Waals surface area contributed by atoms with Gasteiger partial charge in [0.2, 0.25) is 0 Å². The summed E-state index contributed by atoms with van der Waals surface area (Å²) in [4.78, 5) is 3.19. The molecule has 0 amide bonds. The van der Waals surface area contributed by atoms with Gasteiger partial charge in [0.05, 0.1) is 0 Å². The number of anilines is 1. The third kappa shape index (κ3) is 2.25. The van der Waals surface area contributed by atoms with Crippen molar-refractivity contribution in [2.45, 2.75) is 17.7 Å². The molecule has 1 heterocycles. The monoisotopic (exact) mass is 239 g/mol. The van der Waals surface area contributed by atoms with Gasteiger partial charge in [0.25, 0.3) is 0 Å². The van der Waals surface area contributed by atoms with E-state index in [1.165, 1.54) is 31.6 Å². The maximum atomic E-state index is 3.66. The molecule has 1 aromatic rings. The Labute approximate surface area is 87.9 Å². The summed E-state index contributed by atoms with van der Waals surface area (Å²) in [5.74, 6) is 0. The first-order valence-electron chi connectivity index (χ1n) is 4.80. The van der Waals surface area contributed by atoms with Crippen molar-refractivity contribution in [3.05, 3.63) is 30.3 Å². The van der Waals surface area contributed by atoms with Crippen LogP contribution >= 0.6 is 15.9 Å². The molecule has 0 aromatic heterocycles. The van der Waals surface area contributed by atoms with Crippen LogP contribution in [0.4, 0.5) is 5.69 Å². The fraction of sp³-hybridized carbons (Fsp3) is 0.455. The molecule has 0 atom stereocenters. The van der Waals surface area contributed by atoms with Gasteiger partial charge in [0.15, 0.2) is 0 Å². The summed E-state index contributed by atoms with van der Waals surface area (Å²) < 4.78 is 0. The zero-order valence-corrected chi connectivity index (χ0v) is 9.20. The van der Waals surface area contributed by atoms with Gasteiger partial charge < -0.3 is 4.90 Å². The van der Waals surface area contributed by atoms with Gasteiger partial charge >= 0.3 is 0 Å². The maximum Gasteiger partial charge on any atom is 0.0366 e. The summed E-state index contributed by atoms with van der Waals surface area (Å²) in [7, 11) is 0. The van der Waals surface area contributed by atoms with Crippen molar-refractivity contribution in [3.63, 3.8) is 0 Å². The zero-order valence-electron chi connectivity index (χ0n) is 7.62. The lowest BCUT2D eigenvalue weighted by Crippen LogP contribution is -2.33. The topological polar surface area (TPSA) is 3.24 Å². The highest BCUT2D eigenvalue weighted by Gasteiger charge is 2.16. The second kappa shape index (κ2) is 4.14. The van der Waals surface area contributed by atoms with Gasteiger partial charge in [-0.2, -0.15) is 0 Å². The molecule has 0 bridgehead atoms. The molecule has 1 fully saturated rings. The summed E-state index contributed by atoms with van der Waals surface area (Å²) in [5.41, 5.74) is 1.36. The van der Waals surface area contributed by atoms with Gasteiger partial charge in [-0.05, 0) is 25.0 Å². The van der Waals surface area contributed by atoms with Crippen LogP contribution in [0.3, 0.4) is 0 Å². The van der Waals surface area contributed by atoms with Crippen molar-refractivity contribution in [1.82, 2.24) is 0 Å². The lowest BCUT2D eigenvalue weighted by Gasteiger charge is -2.31. The second-order valence-electron chi connectivity index (χ2n) is 3.50. The Morgan fingerprint density at radius 3 is 2.31 bits per heavy atom. The lowest BCUT2D eigenvalue weighted by atomic mass is 10.1. The van der Waals surface area contributed by atoms with Crippen LogP contribution in [0.2, 0.25) is 0 Å². The third-order valence-electron chi connectivity index (χ3n) is 2.55. The van der Waals surface area contributed by atoms with Crippen LogP contribution in [0.5, 0.6) is 0 Å². The largest absolute Gasteiger partial charge is 0.371 e. The molecular weight excluding hydrogens is 226 g/mol. The summed E-state index contributed by atoms with van der Waals surface area (Å²) >= 11 is 3.66. The van der Waals surface area contributed by atoms with Crippen molar-refractivity contribution >= 4 is 21.6 Å². The van der Waals surface area contributed by atoms with Gasteiger partial charge in [-0.3, -0.25) is 0 Å². The number of piperidine rings is 1. The van der Waals surface area contributed by atoms with Gasteiger partial charge in [-0.15, -0.1) is 0 Å². The molecule has 0 unspecified atom stereocenters. The van der Waals surface area contributed by atoms with E-state index in [2.05, 4.69) is 51.2 Å². The first-order valence-corrected chi connectivity index (χ1v) is 5.72. The Balaban J connectivity index is 2.03. The van der Waals surface area contributed by atoms with Crippen molar-refractivity contribution in [2.24, 2.45) is 0 Å². The minimum Gasteiger partial charge on any atom is -0.371 e. The van der Waals surface area contributed by atoms with E-state index in [1.807, 2.05) is 0 Å². The highest BCUT2D eigenvalue weighted by molar-refractivity contribution is 9.09. The summed E-state index contributed by atoms with van der Waals surface area (Å²) in [6.07, 6.45) is 2.52. The molecule has 70 valence electrons. The minimum absolute atomic E-state index is 0.729. The first-order chi connectivity index (χ1) is 6.36. The highest BCUT2D eigenvalue weighted by atomic mass is 79.9. The Hall–Kier alpha value is -0.500. The van der Waals surface area contributed by atoms with Crippen LogP contribution in [-0.4, -0.2) is 17.9 Å². The number of benzene rings is 1. The van der Waals surface area contributed by atoms with Crippen LogP contribution in [0.1, 0.15) is 12.8 Å². The predicted octanol–water partition coefficient (Wildman–Crippen LogP) is 3.05. The molecule has 1 saturated heterocycles. The van der Waals surface area contributed by atoms with Crippen molar-refractivity contribution in [1.29, 1.82) is 0 Å². The molecule has 0 spiro atoms. The number of nitrogens with zero attached hydrogens (tertiary/aromatic N) is 1. The maximum absolute atomic E-state index is 3.66. The van der Waals surface area contributed by atoms with E-state index in [4.69, 9.17) is 0 Å². The van der Waals surface area contributed by atoms with Crippen molar-refractivity contribution in [2.75, 3.05) is 18.0 Å². The van der Waals surface area contributed by atoms with Crippen molar-refractivity contribution < 1.29 is 0 Å². The molecule has 1 nitrogen and oxygen atoms in total. The molecule has 0 N–H and O–H groups in total. The first kappa shape index (κ1) is 9.07. The normalized spacial score (nSPS) is 19.0. The van der Waals surface area contributed by atoms with Crippen LogP contribution in [0, 0.1) is 0 Å². The van der Waals surface area contributed by atoms with E-state index in [-0.39, 0.29) is 0 Å².